The van der Waals surface area contributed by atoms with Crippen molar-refractivity contribution in [1.29, 1.82) is 0 Å². The predicted molar refractivity (Wildman–Crippen MR) is 108 cm³/mol. The molecule has 3 rings (SSSR count). The molecule has 1 N–H and O–H groups in total. The van der Waals surface area contributed by atoms with Crippen molar-refractivity contribution in [1.82, 2.24) is 0 Å². The van der Waals surface area contributed by atoms with E-state index < -0.39 is 35.8 Å². The highest BCUT2D eigenvalue weighted by molar-refractivity contribution is 5.68. The first-order valence-corrected chi connectivity index (χ1v) is 9.54. The summed E-state index contributed by atoms with van der Waals surface area (Å²) in [5, 5.41) is 8.68. The Morgan fingerprint density at radius 1 is 0.871 bits per heavy atom. The number of carbonyl (C=O) groups is 1. The third-order valence-corrected chi connectivity index (χ3v) is 5.17. The van der Waals surface area contributed by atoms with Crippen LogP contribution in [0.5, 0.6) is 5.75 Å². The van der Waals surface area contributed by atoms with E-state index in [2.05, 4.69) is 0 Å². The number of benzene rings is 3. The van der Waals surface area contributed by atoms with E-state index in [4.69, 9.17) is 9.84 Å². The van der Waals surface area contributed by atoms with Crippen molar-refractivity contribution in [3.63, 3.8) is 0 Å². The summed E-state index contributed by atoms with van der Waals surface area (Å²) in [5.74, 6) is -5.20. The third-order valence-electron chi connectivity index (χ3n) is 5.17. The summed E-state index contributed by atoms with van der Waals surface area (Å²) in [7, 11) is 0. The highest BCUT2D eigenvalue weighted by Crippen LogP contribution is 2.29. The van der Waals surface area contributed by atoms with Crippen molar-refractivity contribution >= 4 is 5.97 Å². The van der Waals surface area contributed by atoms with Gasteiger partial charge in [0, 0.05) is 5.56 Å². The number of carboxylic acids is 1. The number of ether oxygens (including phenoxy) is 1. The van der Waals surface area contributed by atoms with Crippen LogP contribution >= 0.6 is 0 Å². The Balaban J connectivity index is 1.90. The number of rotatable bonds is 7. The van der Waals surface area contributed by atoms with E-state index in [1.807, 2.05) is 19.9 Å². The van der Waals surface area contributed by atoms with Crippen molar-refractivity contribution in [3.05, 3.63) is 88.0 Å². The lowest BCUT2D eigenvalue weighted by atomic mass is 9.92. The molecule has 7 heteroatoms. The second kappa shape index (κ2) is 9.20. The maximum absolute atomic E-state index is 14.7. The van der Waals surface area contributed by atoms with Gasteiger partial charge in [-0.25, -0.2) is 22.4 Å². The molecule has 0 saturated heterocycles. The number of halogens is 4. The molecule has 0 fully saturated rings. The monoisotopic (exact) mass is 432 g/mol. The fourth-order valence-electron chi connectivity index (χ4n) is 3.35. The maximum atomic E-state index is 14.7. The molecule has 3 aromatic carbocycles. The van der Waals surface area contributed by atoms with Gasteiger partial charge in [-0.15, -0.1) is 0 Å². The molecular weight excluding hydrogens is 412 g/mol. The summed E-state index contributed by atoms with van der Waals surface area (Å²) < 4.78 is 60.7. The molecule has 3 aromatic rings. The molecule has 0 heterocycles. The SMILES string of the molecule is Cc1cc(-c2ccc(F)c(F)c2)cc(CCc2c(F)ccc(OCC(=O)O)c2F)c1C. The quantitative estimate of drug-likeness (QED) is 0.482. The second-order valence-corrected chi connectivity index (χ2v) is 7.23. The molecule has 0 amide bonds. The van der Waals surface area contributed by atoms with Gasteiger partial charge < -0.3 is 9.84 Å². The lowest BCUT2D eigenvalue weighted by Crippen LogP contribution is -2.11. The number of aryl methyl sites for hydroxylation is 2. The largest absolute Gasteiger partial charge is 0.479 e. The van der Waals surface area contributed by atoms with Gasteiger partial charge in [-0.1, -0.05) is 18.2 Å². The molecule has 0 unspecified atom stereocenters. The zero-order valence-electron chi connectivity index (χ0n) is 16.9. The van der Waals surface area contributed by atoms with Crippen LogP contribution in [0.1, 0.15) is 22.3 Å². The van der Waals surface area contributed by atoms with Crippen LogP contribution in [0.2, 0.25) is 0 Å². The Hall–Kier alpha value is -3.35. The highest BCUT2D eigenvalue weighted by Gasteiger charge is 2.17. The first-order chi connectivity index (χ1) is 14.7. The average Bonchev–Trinajstić information content (AvgIpc) is 2.72. The van der Waals surface area contributed by atoms with Crippen molar-refractivity contribution in [2.45, 2.75) is 26.7 Å². The molecule has 31 heavy (non-hydrogen) atoms. The molecule has 0 aliphatic heterocycles. The average molecular weight is 432 g/mol. The first-order valence-electron chi connectivity index (χ1n) is 9.54. The molecule has 0 aliphatic carbocycles. The molecule has 0 bridgehead atoms. The molecule has 0 aromatic heterocycles. The van der Waals surface area contributed by atoms with Crippen LogP contribution in [0.3, 0.4) is 0 Å². The van der Waals surface area contributed by atoms with E-state index in [1.165, 1.54) is 6.07 Å². The van der Waals surface area contributed by atoms with Crippen molar-refractivity contribution in [2.24, 2.45) is 0 Å². The summed E-state index contributed by atoms with van der Waals surface area (Å²) in [6.07, 6.45) is 0.282. The van der Waals surface area contributed by atoms with Gasteiger partial charge in [0.2, 0.25) is 0 Å². The molecule has 162 valence electrons. The van der Waals surface area contributed by atoms with Crippen molar-refractivity contribution < 1.29 is 32.2 Å². The van der Waals surface area contributed by atoms with Crippen molar-refractivity contribution in [3.8, 4) is 16.9 Å². The summed E-state index contributed by atoms with van der Waals surface area (Å²) in [4.78, 5) is 10.6. The van der Waals surface area contributed by atoms with Crippen LogP contribution in [0.4, 0.5) is 17.6 Å². The number of carboxylic acid groups (broad SMARTS) is 1. The Kier molecular flexibility index (Phi) is 6.63. The summed E-state index contributed by atoms with van der Waals surface area (Å²) >= 11 is 0. The fraction of sp³-hybridized carbons (Fsp3) is 0.208. The molecule has 3 nitrogen and oxygen atoms in total. The van der Waals surface area contributed by atoms with E-state index in [0.717, 1.165) is 41.0 Å². The summed E-state index contributed by atoms with van der Waals surface area (Å²) in [6.45, 7) is 3.00. The smallest absolute Gasteiger partial charge is 0.341 e. The van der Waals surface area contributed by atoms with Gasteiger partial charge in [0.05, 0.1) is 0 Å². The van der Waals surface area contributed by atoms with E-state index in [0.29, 0.717) is 11.1 Å². The standard InChI is InChI=1S/C24H20F4O3/c1-13-9-17(16-4-6-20(26)21(27)11-16)10-15(14(13)2)3-5-18-19(25)7-8-22(24(18)28)31-12-23(29)30/h4,6-11H,3,5,12H2,1-2H3,(H,29,30). The molecule has 0 radical (unpaired) electrons. The van der Waals surface area contributed by atoms with Gasteiger partial charge in [-0.2, -0.15) is 0 Å². The minimum atomic E-state index is -1.27. The van der Waals surface area contributed by atoms with Gasteiger partial charge >= 0.3 is 5.97 Å². The van der Waals surface area contributed by atoms with E-state index in [9.17, 15) is 22.4 Å². The van der Waals surface area contributed by atoms with Gasteiger partial charge in [-0.05, 0) is 78.8 Å². The van der Waals surface area contributed by atoms with E-state index in [1.54, 1.807) is 6.07 Å². The van der Waals surface area contributed by atoms with Gasteiger partial charge in [0.15, 0.2) is 29.8 Å². The zero-order valence-corrected chi connectivity index (χ0v) is 16.9. The minimum Gasteiger partial charge on any atom is -0.479 e. The molecule has 0 atom stereocenters. The van der Waals surface area contributed by atoms with Crippen LogP contribution in [-0.2, 0) is 17.6 Å². The van der Waals surface area contributed by atoms with Crippen LogP contribution in [0.25, 0.3) is 11.1 Å². The Bertz CT molecular complexity index is 1140. The van der Waals surface area contributed by atoms with Gasteiger partial charge in [0.25, 0.3) is 0 Å². The van der Waals surface area contributed by atoms with Crippen LogP contribution < -0.4 is 4.74 Å². The number of aliphatic carboxylic acids is 1. The lowest BCUT2D eigenvalue weighted by molar-refractivity contribution is -0.139. The Labute approximate surface area is 176 Å². The summed E-state index contributed by atoms with van der Waals surface area (Å²) in [6, 6.07) is 9.33. The van der Waals surface area contributed by atoms with Crippen molar-refractivity contribution in [2.75, 3.05) is 6.61 Å². The van der Waals surface area contributed by atoms with E-state index >= 15 is 0 Å². The molecule has 0 spiro atoms. The Morgan fingerprint density at radius 2 is 1.58 bits per heavy atom. The molecule has 0 aliphatic rings. The van der Waals surface area contributed by atoms with Gasteiger partial charge in [-0.3, -0.25) is 0 Å². The minimum absolute atomic E-state index is 0.00342. The lowest BCUT2D eigenvalue weighted by Gasteiger charge is -2.14. The van der Waals surface area contributed by atoms with Crippen LogP contribution in [0, 0.1) is 37.1 Å². The second-order valence-electron chi connectivity index (χ2n) is 7.23. The highest BCUT2D eigenvalue weighted by atomic mass is 19.2. The fourth-order valence-corrected chi connectivity index (χ4v) is 3.35. The molecular formula is C24H20F4O3. The van der Waals surface area contributed by atoms with Gasteiger partial charge in [0.1, 0.15) is 5.82 Å². The van der Waals surface area contributed by atoms with Crippen LogP contribution in [0.15, 0.2) is 42.5 Å². The Morgan fingerprint density at radius 3 is 2.26 bits per heavy atom. The maximum Gasteiger partial charge on any atom is 0.341 e. The zero-order chi connectivity index (χ0) is 22.7. The third kappa shape index (κ3) is 5.05. The number of hydrogen-bond acceptors (Lipinski definition) is 2. The predicted octanol–water partition coefficient (Wildman–Crippen LogP) is 5.78. The first kappa shape index (κ1) is 22.3. The normalized spacial score (nSPS) is 10.9. The number of hydrogen-bond donors (Lipinski definition) is 1. The van der Waals surface area contributed by atoms with Crippen LogP contribution in [-0.4, -0.2) is 17.7 Å². The summed E-state index contributed by atoms with van der Waals surface area (Å²) in [5.41, 5.74) is 3.57. The van der Waals surface area contributed by atoms with E-state index in [-0.39, 0.29) is 24.2 Å². The molecule has 0 saturated carbocycles. The topological polar surface area (TPSA) is 46.5 Å².